The van der Waals surface area contributed by atoms with Gasteiger partial charge in [-0.15, -0.1) is 0 Å². The molecule has 2 aromatic rings. The summed E-state index contributed by atoms with van der Waals surface area (Å²) in [4.78, 5) is 31.4. The van der Waals surface area contributed by atoms with Gasteiger partial charge in [-0.05, 0) is 6.07 Å². The lowest BCUT2D eigenvalue weighted by molar-refractivity contribution is -0.123. The summed E-state index contributed by atoms with van der Waals surface area (Å²) in [5.74, 6) is -0.324. The summed E-state index contributed by atoms with van der Waals surface area (Å²) in [6.45, 7) is 6.37. The first-order valence-electron chi connectivity index (χ1n) is 7.38. The average Bonchev–Trinajstić information content (AvgIpc) is 2.89. The first-order valence-corrected chi connectivity index (χ1v) is 7.38. The molecule has 0 unspecified atom stereocenters. The molecule has 0 radical (unpaired) electrons. The Bertz CT molecular complexity index is 716. The number of carbonyl (C=O) groups is 2. The first kappa shape index (κ1) is 17.0. The number of aromatic nitrogens is 2. The van der Waals surface area contributed by atoms with E-state index in [9.17, 15) is 9.59 Å². The van der Waals surface area contributed by atoms with Gasteiger partial charge in [0.1, 0.15) is 5.65 Å². The highest BCUT2D eigenvalue weighted by Gasteiger charge is 2.21. The Labute approximate surface area is 134 Å². The SMILES string of the molecule is COCCNC(=O)c1c[nH]c2ncc(NC(=O)C(C)(C)C)cc12. The van der Waals surface area contributed by atoms with Gasteiger partial charge in [-0.25, -0.2) is 4.98 Å². The second-order valence-electron chi connectivity index (χ2n) is 6.28. The summed E-state index contributed by atoms with van der Waals surface area (Å²) >= 11 is 0. The molecule has 0 spiro atoms. The number of nitrogens with zero attached hydrogens (tertiary/aromatic N) is 1. The highest BCUT2D eigenvalue weighted by Crippen LogP contribution is 2.22. The molecule has 7 nitrogen and oxygen atoms in total. The number of aromatic amines is 1. The van der Waals surface area contributed by atoms with E-state index in [1.165, 1.54) is 0 Å². The van der Waals surface area contributed by atoms with Crippen molar-refractivity contribution in [2.45, 2.75) is 20.8 Å². The molecule has 2 amide bonds. The number of fused-ring (bicyclic) bond motifs is 1. The van der Waals surface area contributed by atoms with Gasteiger partial charge in [-0.1, -0.05) is 20.8 Å². The Morgan fingerprint density at radius 3 is 2.74 bits per heavy atom. The minimum atomic E-state index is -0.506. The summed E-state index contributed by atoms with van der Waals surface area (Å²) in [6, 6.07) is 1.74. The second-order valence-corrected chi connectivity index (χ2v) is 6.28. The lowest BCUT2D eigenvalue weighted by Gasteiger charge is -2.17. The number of amides is 2. The van der Waals surface area contributed by atoms with E-state index in [2.05, 4.69) is 20.6 Å². The number of pyridine rings is 1. The zero-order valence-electron chi connectivity index (χ0n) is 13.8. The Morgan fingerprint density at radius 1 is 1.35 bits per heavy atom. The van der Waals surface area contributed by atoms with Gasteiger partial charge in [0.2, 0.25) is 5.91 Å². The lowest BCUT2D eigenvalue weighted by atomic mass is 9.95. The maximum absolute atomic E-state index is 12.2. The number of nitrogens with one attached hydrogen (secondary N) is 3. The molecule has 0 aliphatic heterocycles. The molecule has 0 aliphatic carbocycles. The number of H-pyrrole nitrogens is 1. The Hall–Kier alpha value is -2.41. The fourth-order valence-corrected chi connectivity index (χ4v) is 1.94. The standard InChI is InChI=1S/C16H22N4O3/c1-16(2,3)15(22)20-10-7-11-12(9-19-13(11)18-8-10)14(21)17-5-6-23-4/h7-9H,5-6H2,1-4H3,(H,17,21)(H,18,19)(H,20,22). The van der Waals surface area contributed by atoms with Crippen molar-refractivity contribution in [2.75, 3.05) is 25.6 Å². The van der Waals surface area contributed by atoms with Crippen LogP contribution in [-0.2, 0) is 9.53 Å². The fourth-order valence-electron chi connectivity index (χ4n) is 1.94. The molecule has 0 saturated carbocycles. The van der Waals surface area contributed by atoms with E-state index in [0.29, 0.717) is 35.4 Å². The number of rotatable bonds is 5. The number of hydrogen-bond acceptors (Lipinski definition) is 4. The van der Waals surface area contributed by atoms with Gasteiger partial charge in [-0.3, -0.25) is 9.59 Å². The van der Waals surface area contributed by atoms with Crippen LogP contribution in [0.1, 0.15) is 31.1 Å². The molecular formula is C16H22N4O3. The predicted molar refractivity (Wildman–Crippen MR) is 88.4 cm³/mol. The highest BCUT2D eigenvalue weighted by atomic mass is 16.5. The molecule has 2 heterocycles. The number of hydrogen-bond donors (Lipinski definition) is 3. The maximum Gasteiger partial charge on any atom is 0.253 e. The van der Waals surface area contributed by atoms with Crippen molar-refractivity contribution in [2.24, 2.45) is 5.41 Å². The summed E-state index contributed by atoms with van der Waals surface area (Å²) in [5, 5.41) is 6.24. The van der Waals surface area contributed by atoms with Gasteiger partial charge in [0.15, 0.2) is 0 Å². The van der Waals surface area contributed by atoms with E-state index in [1.54, 1.807) is 25.6 Å². The molecule has 23 heavy (non-hydrogen) atoms. The van der Waals surface area contributed by atoms with Crippen LogP contribution in [0.3, 0.4) is 0 Å². The molecule has 3 N–H and O–H groups in total. The van der Waals surface area contributed by atoms with Crippen LogP contribution in [0.15, 0.2) is 18.5 Å². The minimum Gasteiger partial charge on any atom is -0.383 e. The maximum atomic E-state index is 12.2. The summed E-state index contributed by atoms with van der Waals surface area (Å²) in [6.07, 6.45) is 3.17. The first-order chi connectivity index (χ1) is 10.8. The van der Waals surface area contributed by atoms with Crippen LogP contribution in [-0.4, -0.2) is 42.0 Å². The smallest absolute Gasteiger partial charge is 0.253 e. The zero-order chi connectivity index (χ0) is 17.0. The van der Waals surface area contributed by atoms with Crippen LogP contribution in [0, 0.1) is 5.41 Å². The number of ether oxygens (including phenoxy) is 1. The predicted octanol–water partition coefficient (Wildman–Crippen LogP) is 1.92. The number of carbonyl (C=O) groups excluding carboxylic acids is 2. The zero-order valence-corrected chi connectivity index (χ0v) is 13.8. The van der Waals surface area contributed by atoms with Crippen molar-refractivity contribution < 1.29 is 14.3 Å². The molecular weight excluding hydrogens is 296 g/mol. The molecule has 7 heteroatoms. The van der Waals surface area contributed by atoms with Crippen LogP contribution >= 0.6 is 0 Å². The van der Waals surface area contributed by atoms with Crippen molar-refractivity contribution in [3.63, 3.8) is 0 Å². The van der Waals surface area contributed by atoms with Crippen molar-refractivity contribution in [3.05, 3.63) is 24.0 Å². The number of methoxy groups -OCH3 is 1. The largest absolute Gasteiger partial charge is 0.383 e. The number of anilines is 1. The molecule has 0 aromatic carbocycles. The van der Waals surface area contributed by atoms with Gasteiger partial charge in [0.25, 0.3) is 5.91 Å². The van der Waals surface area contributed by atoms with E-state index >= 15 is 0 Å². The summed E-state index contributed by atoms with van der Waals surface area (Å²) in [7, 11) is 1.58. The third-order valence-electron chi connectivity index (χ3n) is 3.31. The van der Waals surface area contributed by atoms with Gasteiger partial charge >= 0.3 is 0 Å². The Balaban J connectivity index is 2.23. The monoisotopic (exact) mass is 318 g/mol. The van der Waals surface area contributed by atoms with E-state index in [4.69, 9.17) is 4.74 Å². The Kier molecular flexibility index (Phi) is 5.00. The van der Waals surface area contributed by atoms with Gasteiger partial charge in [0, 0.05) is 30.7 Å². The van der Waals surface area contributed by atoms with E-state index in [-0.39, 0.29) is 11.8 Å². The topological polar surface area (TPSA) is 96.1 Å². The van der Waals surface area contributed by atoms with Gasteiger partial charge < -0.3 is 20.4 Å². The van der Waals surface area contributed by atoms with E-state index < -0.39 is 5.41 Å². The summed E-state index contributed by atoms with van der Waals surface area (Å²) < 4.78 is 4.91. The molecule has 124 valence electrons. The van der Waals surface area contributed by atoms with E-state index in [0.717, 1.165) is 0 Å². The second kappa shape index (κ2) is 6.78. The third-order valence-corrected chi connectivity index (χ3v) is 3.31. The molecule has 0 bridgehead atoms. The van der Waals surface area contributed by atoms with Crippen molar-refractivity contribution in [1.82, 2.24) is 15.3 Å². The van der Waals surface area contributed by atoms with Crippen molar-refractivity contribution >= 4 is 28.5 Å². The van der Waals surface area contributed by atoms with Crippen molar-refractivity contribution in [1.29, 1.82) is 0 Å². The normalized spacial score (nSPS) is 11.5. The van der Waals surface area contributed by atoms with E-state index in [1.807, 2.05) is 20.8 Å². The van der Waals surface area contributed by atoms with Gasteiger partial charge in [0.05, 0.1) is 24.1 Å². The fraction of sp³-hybridized carbons (Fsp3) is 0.438. The van der Waals surface area contributed by atoms with Crippen molar-refractivity contribution in [3.8, 4) is 0 Å². The molecule has 0 saturated heterocycles. The summed E-state index contributed by atoms with van der Waals surface area (Å²) in [5.41, 5.74) is 1.13. The minimum absolute atomic E-state index is 0.111. The molecule has 0 atom stereocenters. The lowest BCUT2D eigenvalue weighted by Crippen LogP contribution is -2.27. The molecule has 0 fully saturated rings. The van der Waals surface area contributed by atoms with Crippen LogP contribution in [0.4, 0.5) is 5.69 Å². The third kappa shape index (κ3) is 4.07. The van der Waals surface area contributed by atoms with Crippen LogP contribution in [0.5, 0.6) is 0 Å². The average molecular weight is 318 g/mol. The molecule has 0 aliphatic rings. The highest BCUT2D eigenvalue weighted by molar-refractivity contribution is 6.07. The van der Waals surface area contributed by atoms with Crippen LogP contribution in [0.2, 0.25) is 0 Å². The van der Waals surface area contributed by atoms with Crippen LogP contribution in [0.25, 0.3) is 11.0 Å². The molecule has 2 aromatic heterocycles. The quantitative estimate of drug-likeness (QED) is 0.734. The van der Waals surface area contributed by atoms with Gasteiger partial charge in [-0.2, -0.15) is 0 Å². The molecule has 2 rings (SSSR count). The van der Waals surface area contributed by atoms with Crippen LogP contribution < -0.4 is 10.6 Å². The Morgan fingerprint density at radius 2 is 2.09 bits per heavy atom.